The number of piperidine rings is 1. The van der Waals surface area contributed by atoms with Crippen molar-refractivity contribution in [2.75, 3.05) is 20.2 Å². The molecule has 0 spiro atoms. The first-order valence-electron chi connectivity index (χ1n) is 11.0. The summed E-state index contributed by atoms with van der Waals surface area (Å²) in [6.07, 6.45) is 5.65. The summed E-state index contributed by atoms with van der Waals surface area (Å²) >= 11 is 0. The molecule has 2 aromatic heterocycles. The standard InChI is InChI=1S/C25H29N5O2/c1-18-23(25(31)28-14-19-7-5-10-22(13-19)32-2)15-27-24(29-18)20-8-6-12-30(16-20)17-21-9-3-4-11-26-21/h3-5,7,9-11,13,15,20H,6,8,12,14,16-17H2,1-2H3,(H,28,31)/t20-/m1/s1. The number of ether oxygens (including phenoxy) is 1. The summed E-state index contributed by atoms with van der Waals surface area (Å²) in [5, 5.41) is 2.95. The van der Waals surface area contributed by atoms with Crippen LogP contribution in [-0.4, -0.2) is 46.0 Å². The zero-order valence-corrected chi connectivity index (χ0v) is 18.6. The summed E-state index contributed by atoms with van der Waals surface area (Å²) in [5.41, 5.74) is 3.27. The fourth-order valence-corrected chi connectivity index (χ4v) is 4.10. The van der Waals surface area contributed by atoms with Crippen molar-refractivity contribution in [1.82, 2.24) is 25.2 Å². The number of nitrogens with one attached hydrogen (secondary N) is 1. The third kappa shape index (κ3) is 5.48. The van der Waals surface area contributed by atoms with E-state index < -0.39 is 0 Å². The van der Waals surface area contributed by atoms with Gasteiger partial charge in [-0.05, 0) is 56.1 Å². The molecule has 166 valence electrons. The van der Waals surface area contributed by atoms with Gasteiger partial charge < -0.3 is 10.1 Å². The van der Waals surface area contributed by atoms with E-state index in [-0.39, 0.29) is 11.8 Å². The second-order valence-corrected chi connectivity index (χ2v) is 8.16. The van der Waals surface area contributed by atoms with Crippen molar-refractivity contribution in [3.05, 3.63) is 83.2 Å². The molecule has 1 N–H and O–H groups in total. The molecule has 1 aromatic carbocycles. The predicted octanol–water partition coefficient (Wildman–Crippen LogP) is 3.50. The highest BCUT2D eigenvalue weighted by atomic mass is 16.5. The molecule has 1 amide bonds. The molecule has 0 bridgehead atoms. The van der Waals surface area contributed by atoms with Gasteiger partial charge in [0.05, 0.1) is 24.1 Å². The Kier molecular flexibility index (Phi) is 7.07. The first kappa shape index (κ1) is 21.9. The highest BCUT2D eigenvalue weighted by Gasteiger charge is 2.24. The minimum Gasteiger partial charge on any atom is -0.497 e. The van der Waals surface area contributed by atoms with Gasteiger partial charge in [0.25, 0.3) is 5.91 Å². The molecule has 0 unspecified atom stereocenters. The molecular formula is C25H29N5O2. The lowest BCUT2D eigenvalue weighted by Gasteiger charge is -2.31. The van der Waals surface area contributed by atoms with E-state index in [1.807, 2.05) is 49.5 Å². The summed E-state index contributed by atoms with van der Waals surface area (Å²) in [5.74, 6) is 1.68. The van der Waals surface area contributed by atoms with Crippen molar-refractivity contribution < 1.29 is 9.53 Å². The average Bonchev–Trinajstić information content (AvgIpc) is 2.83. The largest absolute Gasteiger partial charge is 0.497 e. The van der Waals surface area contributed by atoms with Gasteiger partial charge in [0.2, 0.25) is 0 Å². The molecule has 0 aliphatic carbocycles. The maximum absolute atomic E-state index is 12.7. The zero-order chi connectivity index (χ0) is 22.3. The summed E-state index contributed by atoms with van der Waals surface area (Å²) in [7, 11) is 1.63. The Bertz CT molecular complexity index is 1060. The van der Waals surface area contributed by atoms with Crippen LogP contribution < -0.4 is 10.1 Å². The van der Waals surface area contributed by atoms with Gasteiger partial charge >= 0.3 is 0 Å². The fraction of sp³-hybridized carbons (Fsp3) is 0.360. The fourth-order valence-electron chi connectivity index (χ4n) is 4.10. The van der Waals surface area contributed by atoms with Gasteiger partial charge in [-0.2, -0.15) is 0 Å². The van der Waals surface area contributed by atoms with Crippen molar-refractivity contribution in [2.24, 2.45) is 0 Å². The van der Waals surface area contributed by atoms with Crippen molar-refractivity contribution in [1.29, 1.82) is 0 Å². The Hall–Kier alpha value is -3.32. The van der Waals surface area contributed by atoms with E-state index in [0.29, 0.717) is 17.8 Å². The van der Waals surface area contributed by atoms with Gasteiger partial charge in [0.1, 0.15) is 11.6 Å². The maximum atomic E-state index is 12.7. The van der Waals surface area contributed by atoms with Crippen molar-refractivity contribution in [3.8, 4) is 5.75 Å². The molecular weight excluding hydrogens is 402 g/mol. The number of pyridine rings is 1. The number of benzene rings is 1. The Labute approximate surface area is 188 Å². The Morgan fingerprint density at radius 1 is 1.22 bits per heavy atom. The van der Waals surface area contributed by atoms with Crippen LogP contribution in [0.4, 0.5) is 0 Å². The number of nitrogens with zero attached hydrogens (tertiary/aromatic N) is 4. The van der Waals surface area contributed by atoms with Crippen molar-refractivity contribution in [2.45, 2.75) is 38.8 Å². The van der Waals surface area contributed by atoms with Crippen LogP contribution in [0.1, 0.15) is 51.9 Å². The lowest BCUT2D eigenvalue weighted by molar-refractivity contribution is 0.0949. The van der Waals surface area contributed by atoms with Gasteiger partial charge in [-0.25, -0.2) is 9.97 Å². The van der Waals surface area contributed by atoms with Crippen LogP contribution >= 0.6 is 0 Å². The molecule has 1 saturated heterocycles. The highest BCUT2D eigenvalue weighted by molar-refractivity contribution is 5.94. The van der Waals surface area contributed by atoms with E-state index >= 15 is 0 Å². The van der Waals surface area contributed by atoms with Gasteiger partial charge in [-0.15, -0.1) is 0 Å². The maximum Gasteiger partial charge on any atom is 0.254 e. The lowest BCUT2D eigenvalue weighted by atomic mass is 9.96. The van der Waals surface area contributed by atoms with Gasteiger partial charge in [0.15, 0.2) is 0 Å². The summed E-state index contributed by atoms with van der Waals surface area (Å²) < 4.78 is 5.24. The number of hydrogen-bond donors (Lipinski definition) is 1. The molecule has 1 fully saturated rings. The summed E-state index contributed by atoms with van der Waals surface area (Å²) in [4.78, 5) is 28.8. The molecule has 1 aliphatic heterocycles. The monoisotopic (exact) mass is 431 g/mol. The topological polar surface area (TPSA) is 80.2 Å². The molecule has 0 radical (unpaired) electrons. The van der Waals surface area contributed by atoms with E-state index in [1.54, 1.807) is 13.3 Å². The number of amides is 1. The highest BCUT2D eigenvalue weighted by Crippen LogP contribution is 2.26. The van der Waals surface area contributed by atoms with Crippen molar-refractivity contribution in [3.63, 3.8) is 0 Å². The lowest BCUT2D eigenvalue weighted by Crippen LogP contribution is -2.35. The number of aromatic nitrogens is 3. The van der Waals surface area contributed by atoms with Crippen LogP contribution in [0.3, 0.4) is 0 Å². The average molecular weight is 432 g/mol. The van der Waals surface area contributed by atoms with Crippen LogP contribution in [0.2, 0.25) is 0 Å². The summed E-state index contributed by atoms with van der Waals surface area (Å²) in [6.45, 7) is 5.08. The number of methoxy groups -OCH3 is 1. The van der Waals surface area contributed by atoms with E-state index in [1.165, 1.54) is 0 Å². The molecule has 0 saturated carbocycles. The SMILES string of the molecule is COc1cccc(CNC(=O)c2cnc([C@@H]3CCCN(Cc4ccccn4)C3)nc2C)c1. The number of hydrogen-bond acceptors (Lipinski definition) is 6. The Morgan fingerprint density at radius 3 is 2.91 bits per heavy atom. The first-order chi connectivity index (χ1) is 15.6. The number of carbonyl (C=O) groups is 1. The van der Waals surface area contributed by atoms with Crippen LogP contribution in [0.5, 0.6) is 5.75 Å². The van der Waals surface area contributed by atoms with Crippen LogP contribution in [0.15, 0.2) is 54.9 Å². The molecule has 1 aliphatic rings. The molecule has 4 rings (SSSR count). The minimum absolute atomic E-state index is 0.169. The molecule has 3 aromatic rings. The van der Waals surface area contributed by atoms with Crippen LogP contribution in [0, 0.1) is 6.92 Å². The molecule has 1 atom stereocenters. The smallest absolute Gasteiger partial charge is 0.254 e. The molecule has 32 heavy (non-hydrogen) atoms. The second-order valence-electron chi connectivity index (χ2n) is 8.16. The van der Waals surface area contributed by atoms with Gasteiger partial charge in [-0.3, -0.25) is 14.7 Å². The molecule has 7 heteroatoms. The Balaban J connectivity index is 1.38. The molecule has 7 nitrogen and oxygen atoms in total. The minimum atomic E-state index is -0.169. The van der Waals surface area contributed by atoms with Gasteiger partial charge in [0, 0.05) is 37.9 Å². The normalized spacial score (nSPS) is 16.5. The zero-order valence-electron chi connectivity index (χ0n) is 18.6. The quantitative estimate of drug-likeness (QED) is 0.617. The number of carbonyl (C=O) groups excluding carboxylic acids is 1. The third-order valence-electron chi connectivity index (χ3n) is 5.81. The van der Waals surface area contributed by atoms with E-state index in [9.17, 15) is 4.79 Å². The van der Waals surface area contributed by atoms with E-state index in [2.05, 4.69) is 26.3 Å². The Morgan fingerprint density at radius 2 is 2.12 bits per heavy atom. The van der Waals surface area contributed by atoms with E-state index in [4.69, 9.17) is 9.72 Å². The second kappa shape index (κ2) is 10.3. The third-order valence-corrected chi connectivity index (χ3v) is 5.81. The van der Waals surface area contributed by atoms with Gasteiger partial charge in [-0.1, -0.05) is 18.2 Å². The van der Waals surface area contributed by atoms with Crippen LogP contribution in [0.25, 0.3) is 0 Å². The molecule has 3 heterocycles. The summed E-state index contributed by atoms with van der Waals surface area (Å²) in [6, 6.07) is 13.7. The predicted molar refractivity (Wildman–Crippen MR) is 122 cm³/mol. The first-order valence-corrected chi connectivity index (χ1v) is 11.0. The van der Waals surface area contributed by atoms with Crippen molar-refractivity contribution >= 4 is 5.91 Å². The van der Waals surface area contributed by atoms with Crippen LogP contribution in [-0.2, 0) is 13.1 Å². The number of likely N-dealkylation sites (tertiary alicyclic amines) is 1. The number of aryl methyl sites for hydroxylation is 1. The van der Waals surface area contributed by atoms with E-state index in [0.717, 1.165) is 55.3 Å². The number of rotatable bonds is 7.